The van der Waals surface area contributed by atoms with E-state index in [-0.39, 0.29) is 17.4 Å². The van der Waals surface area contributed by atoms with E-state index in [4.69, 9.17) is 9.47 Å². The summed E-state index contributed by atoms with van der Waals surface area (Å²) < 4.78 is 63.1. The summed E-state index contributed by atoms with van der Waals surface area (Å²) in [5.41, 5.74) is 0.290. The zero-order valence-electron chi connectivity index (χ0n) is 22.5. The second kappa shape index (κ2) is 13.8. The van der Waals surface area contributed by atoms with Crippen LogP contribution < -0.4 is 10.1 Å². The summed E-state index contributed by atoms with van der Waals surface area (Å²) in [5.74, 6) is -3.19. The topological polar surface area (TPSA) is 97.8 Å². The van der Waals surface area contributed by atoms with E-state index in [0.717, 1.165) is 17.7 Å². The second-order valence-electron chi connectivity index (χ2n) is 9.38. The van der Waals surface area contributed by atoms with Crippen LogP contribution in [0.1, 0.15) is 34.1 Å². The normalized spacial score (nSPS) is 13.5. The van der Waals surface area contributed by atoms with Crippen LogP contribution in [-0.2, 0) is 28.5 Å². The number of benzene rings is 2. The Balaban J connectivity index is 1.73. The number of allylic oxidation sites excluding steroid dienone is 1. The number of methoxy groups -OCH3 is 1. The molecule has 218 valence electrons. The number of rotatable bonds is 12. The zero-order chi connectivity index (χ0) is 30.2. The Labute approximate surface area is 234 Å². The number of nitrogens with one attached hydrogen (secondary N) is 1. The number of amides is 1. The van der Waals surface area contributed by atoms with Crippen molar-refractivity contribution in [2.45, 2.75) is 32.0 Å². The molecule has 3 aromatic rings. The van der Waals surface area contributed by atoms with Crippen molar-refractivity contribution in [1.82, 2.24) is 10.3 Å². The maximum Gasteiger partial charge on any atom is 0.416 e. The van der Waals surface area contributed by atoms with Gasteiger partial charge in [0.05, 0.1) is 12.7 Å². The zero-order valence-corrected chi connectivity index (χ0v) is 22.5. The molecule has 0 radical (unpaired) electrons. The van der Waals surface area contributed by atoms with E-state index in [1.165, 1.54) is 43.6 Å². The quantitative estimate of drug-likeness (QED) is 0.168. The predicted molar refractivity (Wildman–Crippen MR) is 143 cm³/mol. The van der Waals surface area contributed by atoms with Crippen molar-refractivity contribution in [2.75, 3.05) is 13.7 Å². The van der Waals surface area contributed by atoms with Crippen LogP contribution in [0.15, 0.2) is 73.4 Å². The number of aromatic hydroxyl groups is 1. The number of aromatic nitrogens is 1. The molecular formula is C30H30F4N2O5. The largest absolute Gasteiger partial charge is 0.503 e. The fraction of sp³-hybridized carbons (Fsp3) is 0.300. The lowest BCUT2D eigenvalue weighted by molar-refractivity contribution is -0.150. The number of carbonyl (C=O) groups excluding carboxylic acids is 2. The molecule has 1 aromatic heterocycles. The summed E-state index contributed by atoms with van der Waals surface area (Å²) in [7, 11) is 1.31. The SMILES string of the molecule is C=C[C@H](Cc1ccc(C(F)(F)F)cc1)[C@@H](Cc1ccc(F)cc1)[C@H](C)OC(=O)CNC(=O)c1nccc(OC)c1O. The molecule has 41 heavy (non-hydrogen) atoms. The Morgan fingerprint density at radius 1 is 1.05 bits per heavy atom. The number of alkyl halides is 3. The maximum absolute atomic E-state index is 13.5. The standard InChI is InChI=1S/C30H30F4N2O5/c1-4-21(15-19-5-9-22(10-6-19)30(32,33)34)24(16-20-7-11-23(31)12-8-20)18(2)41-26(37)17-36-29(39)27-28(38)25(40-3)13-14-35-27/h4-14,18,21,24,38H,1,15-17H2,2-3H3,(H,36,39)/t18-,21+,24-/m0/s1. The van der Waals surface area contributed by atoms with Crippen LogP contribution in [0.3, 0.4) is 0 Å². The van der Waals surface area contributed by atoms with Gasteiger partial charge in [-0.15, -0.1) is 6.58 Å². The Morgan fingerprint density at radius 3 is 2.24 bits per heavy atom. The monoisotopic (exact) mass is 574 g/mol. The van der Waals surface area contributed by atoms with E-state index in [0.29, 0.717) is 18.4 Å². The van der Waals surface area contributed by atoms with Crippen molar-refractivity contribution < 1.29 is 41.7 Å². The van der Waals surface area contributed by atoms with E-state index < -0.39 is 53.7 Å². The smallest absolute Gasteiger partial charge is 0.416 e. The van der Waals surface area contributed by atoms with Crippen LogP contribution in [0, 0.1) is 17.7 Å². The molecule has 3 atom stereocenters. The first-order valence-electron chi connectivity index (χ1n) is 12.7. The molecule has 0 fully saturated rings. The molecule has 0 saturated carbocycles. The van der Waals surface area contributed by atoms with Crippen molar-refractivity contribution in [3.05, 3.63) is 102 Å². The lowest BCUT2D eigenvalue weighted by atomic mass is 9.79. The van der Waals surface area contributed by atoms with Gasteiger partial charge in [0.15, 0.2) is 17.2 Å². The molecule has 0 spiro atoms. The third-order valence-electron chi connectivity index (χ3n) is 6.63. The van der Waals surface area contributed by atoms with Gasteiger partial charge in [0, 0.05) is 18.2 Å². The number of ether oxygens (including phenoxy) is 2. The van der Waals surface area contributed by atoms with Gasteiger partial charge in [-0.3, -0.25) is 9.59 Å². The Hall–Kier alpha value is -4.41. The highest BCUT2D eigenvalue weighted by Crippen LogP contribution is 2.32. The fourth-order valence-corrected chi connectivity index (χ4v) is 4.41. The number of halogens is 4. The average Bonchev–Trinajstić information content (AvgIpc) is 2.94. The molecule has 11 heteroatoms. The molecule has 2 aromatic carbocycles. The van der Waals surface area contributed by atoms with Gasteiger partial charge in [-0.1, -0.05) is 30.3 Å². The minimum atomic E-state index is -4.46. The molecule has 1 amide bonds. The van der Waals surface area contributed by atoms with Crippen LogP contribution in [-0.4, -0.2) is 41.7 Å². The van der Waals surface area contributed by atoms with Crippen molar-refractivity contribution in [2.24, 2.45) is 11.8 Å². The van der Waals surface area contributed by atoms with E-state index >= 15 is 0 Å². The summed E-state index contributed by atoms with van der Waals surface area (Å²) in [6.07, 6.45) is -1.62. The lowest BCUT2D eigenvalue weighted by Gasteiger charge is -2.30. The molecule has 7 nitrogen and oxygen atoms in total. The first-order chi connectivity index (χ1) is 19.4. The van der Waals surface area contributed by atoms with Crippen molar-refractivity contribution in [3.63, 3.8) is 0 Å². The molecule has 2 N–H and O–H groups in total. The molecule has 1 heterocycles. The van der Waals surface area contributed by atoms with E-state index in [9.17, 15) is 32.3 Å². The molecule has 0 aliphatic rings. The summed E-state index contributed by atoms with van der Waals surface area (Å²) in [4.78, 5) is 28.9. The second-order valence-corrected chi connectivity index (χ2v) is 9.38. The summed E-state index contributed by atoms with van der Waals surface area (Å²) in [6.45, 7) is 5.02. The van der Waals surface area contributed by atoms with Crippen LogP contribution in [0.4, 0.5) is 17.6 Å². The van der Waals surface area contributed by atoms with Crippen molar-refractivity contribution >= 4 is 11.9 Å². The summed E-state index contributed by atoms with van der Waals surface area (Å²) in [6, 6.07) is 12.0. The van der Waals surface area contributed by atoms with Crippen LogP contribution >= 0.6 is 0 Å². The predicted octanol–water partition coefficient (Wildman–Crippen LogP) is 5.52. The minimum absolute atomic E-state index is 0.0356. The van der Waals surface area contributed by atoms with Gasteiger partial charge in [-0.05, 0) is 61.1 Å². The van der Waals surface area contributed by atoms with Gasteiger partial charge in [0.2, 0.25) is 0 Å². The average molecular weight is 575 g/mol. The number of hydrogen-bond acceptors (Lipinski definition) is 6. The molecule has 0 unspecified atom stereocenters. The van der Waals surface area contributed by atoms with Crippen molar-refractivity contribution in [3.8, 4) is 11.5 Å². The van der Waals surface area contributed by atoms with Crippen LogP contribution in [0.5, 0.6) is 11.5 Å². The lowest BCUT2D eigenvalue weighted by Crippen LogP contribution is -2.36. The molecule has 0 aliphatic carbocycles. The molecule has 0 bridgehead atoms. The maximum atomic E-state index is 13.5. The van der Waals surface area contributed by atoms with E-state index in [2.05, 4.69) is 16.9 Å². The molecule has 3 rings (SSSR count). The van der Waals surface area contributed by atoms with Gasteiger partial charge < -0.3 is 19.9 Å². The van der Waals surface area contributed by atoms with Gasteiger partial charge in [0.1, 0.15) is 18.5 Å². The van der Waals surface area contributed by atoms with Gasteiger partial charge in [-0.25, -0.2) is 9.37 Å². The number of hydrogen-bond donors (Lipinski definition) is 2. The third-order valence-corrected chi connectivity index (χ3v) is 6.63. The summed E-state index contributed by atoms with van der Waals surface area (Å²) in [5, 5.41) is 12.5. The Kier molecular flexibility index (Phi) is 10.5. The highest BCUT2D eigenvalue weighted by molar-refractivity contribution is 5.97. The number of esters is 1. The summed E-state index contributed by atoms with van der Waals surface area (Å²) >= 11 is 0. The van der Waals surface area contributed by atoms with Crippen molar-refractivity contribution in [1.29, 1.82) is 0 Å². The number of carbonyl (C=O) groups is 2. The fourth-order valence-electron chi connectivity index (χ4n) is 4.41. The van der Waals surface area contributed by atoms with E-state index in [1.807, 2.05) is 0 Å². The van der Waals surface area contributed by atoms with Gasteiger partial charge in [-0.2, -0.15) is 13.2 Å². The van der Waals surface area contributed by atoms with Crippen LogP contribution in [0.25, 0.3) is 0 Å². The molecular weight excluding hydrogens is 544 g/mol. The number of nitrogens with zero attached hydrogens (tertiary/aromatic N) is 1. The highest BCUT2D eigenvalue weighted by Gasteiger charge is 2.31. The molecule has 0 saturated heterocycles. The Bertz CT molecular complexity index is 1340. The van der Waals surface area contributed by atoms with Gasteiger partial charge >= 0.3 is 12.1 Å². The first-order valence-corrected chi connectivity index (χ1v) is 12.7. The minimum Gasteiger partial charge on any atom is -0.503 e. The van der Waals surface area contributed by atoms with Crippen LogP contribution in [0.2, 0.25) is 0 Å². The number of pyridine rings is 1. The van der Waals surface area contributed by atoms with Gasteiger partial charge in [0.25, 0.3) is 5.91 Å². The first kappa shape index (κ1) is 31.1. The third kappa shape index (κ3) is 8.54. The highest BCUT2D eigenvalue weighted by atomic mass is 19.4. The Morgan fingerprint density at radius 2 is 1.66 bits per heavy atom. The molecule has 0 aliphatic heterocycles. The van der Waals surface area contributed by atoms with E-state index in [1.54, 1.807) is 25.1 Å².